The quantitative estimate of drug-likeness (QED) is 0.178. The number of fused-ring (bicyclic) bond motifs is 17. The maximum atomic E-state index is 6.46. The summed E-state index contributed by atoms with van der Waals surface area (Å²) in [6.07, 6.45) is 4.55. The van der Waals surface area contributed by atoms with E-state index in [0.29, 0.717) is 0 Å². The second-order valence-corrected chi connectivity index (χ2v) is 12.5. The number of nitrogens with zero attached hydrogens (tertiary/aromatic N) is 2. The molecule has 0 saturated heterocycles. The van der Waals surface area contributed by atoms with Crippen molar-refractivity contribution >= 4 is 43.9 Å². The van der Waals surface area contributed by atoms with Gasteiger partial charge in [-0.05, 0) is 35.9 Å². The maximum absolute atomic E-state index is 6.46. The molecule has 2 aliphatic heterocycles. The van der Waals surface area contributed by atoms with Crippen molar-refractivity contribution in [2.24, 2.45) is 0 Å². The summed E-state index contributed by atoms with van der Waals surface area (Å²) < 4.78 is 17.9. The molecule has 4 heteroatoms. The van der Waals surface area contributed by atoms with Crippen molar-refractivity contribution < 1.29 is 18.0 Å². The fourth-order valence-electron chi connectivity index (χ4n) is 8.35. The molecule has 6 heterocycles. The lowest BCUT2D eigenvalue weighted by molar-refractivity contribution is -0.799. The number of hydrogen-bond donors (Lipinski definition) is 0. The molecule has 0 aliphatic carbocycles. The number of rotatable bonds is 1. The number of benzene rings is 5. The number of pyridine rings is 2. The molecule has 0 N–H and O–H groups in total. The Morgan fingerprint density at radius 1 is 0.435 bits per heavy atom. The van der Waals surface area contributed by atoms with Gasteiger partial charge in [0.05, 0.1) is 11.1 Å². The zero-order valence-electron chi connectivity index (χ0n) is 24.7. The minimum Gasteiger partial charge on any atom is -0.456 e. The van der Waals surface area contributed by atoms with Crippen LogP contribution in [0.3, 0.4) is 0 Å². The van der Waals surface area contributed by atoms with Gasteiger partial charge in [0, 0.05) is 68.6 Å². The molecule has 2 aliphatic rings. The summed E-state index contributed by atoms with van der Waals surface area (Å²) in [5, 5.41) is 4.46. The van der Waals surface area contributed by atoms with Crippen LogP contribution in [0.5, 0.6) is 0 Å². The Labute approximate surface area is 264 Å². The zero-order valence-corrected chi connectivity index (χ0v) is 24.7. The Morgan fingerprint density at radius 2 is 0.978 bits per heavy atom. The van der Waals surface area contributed by atoms with Gasteiger partial charge in [0.25, 0.3) is 0 Å². The fourth-order valence-corrected chi connectivity index (χ4v) is 8.35. The Morgan fingerprint density at radius 3 is 1.65 bits per heavy atom. The highest BCUT2D eigenvalue weighted by molar-refractivity contribution is 6.25. The van der Waals surface area contributed by atoms with Gasteiger partial charge >= 0.3 is 0 Å². The molecule has 11 rings (SSSR count). The molecule has 0 spiro atoms. The van der Waals surface area contributed by atoms with Crippen LogP contribution in [-0.2, 0) is 0 Å². The first-order valence-corrected chi connectivity index (χ1v) is 15.8. The number of hydrogen-bond acceptors (Lipinski definition) is 2. The van der Waals surface area contributed by atoms with Crippen LogP contribution in [0.4, 0.5) is 0 Å². The van der Waals surface area contributed by atoms with E-state index in [1.54, 1.807) is 0 Å². The van der Waals surface area contributed by atoms with Crippen LogP contribution in [0.1, 0.15) is 23.2 Å². The maximum Gasteiger partial charge on any atom is 0.250 e. The van der Waals surface area contributed by atoms with Crippen molar-refractivity contribution in [2.45, 2.75) is 12.1 Å². The van der Waals surface area contributed by atoms with Gasteiger partial charge in [0.2, 0.25) is 23.5 Å². The van der Waals surface area contributed by atoms with Gasteiger partial charge in [-0.15, -0.1) is 0 Å². The summed E-state index contributed by atoms with van der Waals surface area (Å²) in [5.74, 6) is 0. The first-order valence-electron chi connectivity index (χ1n) is 15.8. The highest BCUT2D eigenvalue weighted by Crippen LogP contribution is 2.48. The van der Waals surface area contributed by atoms with Gasteiger partial charge in [-0.3, -0.25) is 0 Å². The standard InChI is InChI=1S/C42H26N2O2/c1-3-13-28-26(11-1)32-17-9-10-21-43(32)41-29-14-4-2-12-27(29)33-23-25(20-22-44(33)42(28)41)38-39-30-15-5-7-18-34(30)45-36(39)24-37-40(38)31-16-6-8-19-35(31)46-37/h1-24,41-42H/q+2. The SMILES string of the molecule is c1ccc2c(c1)-c1cc(-c3c4c(cc5oc6ccccc6c35)oc3ccccc34)cc[n+]1C1c3ccccc3-c3cccc[n+]3C21. The van der Waals surface area contributed by atoms with Gasteiger partial charge in [0.15, 0.2) is 12.4 Å². The molecule has 2 unspecified atom stereocenters. The molecule has 0 fully saturated rings. The molecular weight excluding hydrogens is 564 g/mol. The van der Waals surface area contributed by atoms with Gasteiger partial charge in [-0.2, -0.15) is 9.13 Å². The fraction of sp³-hybridized carbons (Fsp3) is 0.0476. The minimum atomic E-state index is 0.107. The molecule has 0 saturated carbocycles. The van der Waals surface area contributed by atoms with E-state index in [1.165, 1.54) is 33.6 Å². The lowest BCUT2D eigenvalue weighted by Gasteiger charge is -2.32. The van der Waals surface area contributed by atoms with Crippen molar-refractivity contribution in [1.29, 1.82) is 0 Å². The van der Waals surface area contributed by atoms with E-state index in [1.807, 2.05) is 24.3 Å². The van der Waals surface area contributed by atoms with Crippen LogP contribution >= 0.6 is 0 Å². The third kappa shape index (κ3) is 3.08. The molecule has 0 amide bonds. The van der Waals surface area contributed by atoms with Crippen molar-refractivity contribution in [1.82, 2.24) is 0 Å². The number of aromatic nitrogens is 2. The molecule has 0 bridgehead atoms. The van der Waals surface area contributed by atoms with Gasteiger partial charge in [0.1, 0.15) is 22.3 Å². The second-order valence-electron chi connectivity index (χ2n) is 12.5. The van der Waals surface area contributed by atoms with E-state index in [0.717, 1.165) is 55.0 Å². The van der Waals surface area contributed by atoms with E-state index < -0.39 is 0 Å². The van der Waals surface area contributed by atoms with E-state index in [4.69, 9.17) is 8.83 Å². The van der Waals surface area contributed by atoms with Gasteiger partial charge in [-0.25, -0.2) is 0 Å². The van der Waals surface area contributed by atoms with Crippen LogP contribution < -0.4 is 9.13 Å². The van der Waals surface area contributed by atoms with Crippen LogP contribution in [0, 0.1) is 0 Å². The van der Waals surface area contributed by atoms with Crippen molar-refractivity contribution in [3.63, 3.8) is 0 Å². The minimum absolute atomic E-state index is 0.107. The first kappa shape index (κ1) is 24.3. The monoisotopic (exact) mass is 590 g/mol. The second kappa shape index (κ2) is 8.80. The normalized spacial score (nSPS) is 16.3. The molecule has 9 aromatic rings. The molecule has 46 heavy (non-hydrogen) atoms. The van der Waals surface area contributed by atoms with E-state index in [2.05, 4.69) is 131 Å². The summed E-state index contributed by atoms with van der Waals surface area (Å²) in [7, 11) is 0. The molecule has 214 valence electrons. The summed E-state index contributed by atoms with van der Waals surface area (Å²) >= 11 is 0. The highest BCUT2D eigenvalue weighted by atomic mass is 16.3. The third-order valence-electron chi connectivity index (χ3n) is 10.2. The largest absolute Gasteiger partial charge is 0.456 e. The Bertz CT molecular complexity index is 2640. The summed E-state index contributed by atoms with van der Waals surface area (Å²) in [4.78, 5) is 0. The van der Waals surface area contributed by atoms with Gasteiger partial charge in [-0.1, -0.05) is 72.8 Å². The van der Waals surface area contributed by atoms with Crippen LogP contribution in [0.15, 0.2) is 155 Å². The van der Waals surface area contributed by atoms with Gasteiger partial charge < -0.3 is 8.83 Å². The predicted molar refractivity (Wildman–Crippen MR) is 180 cm³/mol. The van der Waals surface area contributed by atoms with E-state index >= 15 is 0 Å². The molecular formula is C42H26N2O2+2. The lowest BCUT2D eigenvalue weighted by Crippen LogP contribution is -2.59. The predicted octanol–water partition coefficient (Wildman–Crippen LogP) is 9.57. The lowest BCUT2D eigenvalue weighted by atomic mass is 9.79. The van der Waals surface area contributed by atoms with Crippen molar-refractivity contribution in [2.75, 3.05) is 0 Å². The highest BCUT2D eigenvalue weighted by Gasteiger charge is 2.51. The molecule has 5 aromatic carbocycles. The van der Waals surface area contributed by atoms with E-state index in [9.17, 15) is 0 Å². The van der Waals surface area contributed by atoms with Crippen LogP contribution in [-0.4, -0.2) is 0 Å². The van der Waals surface area contributed by atoms with Crippen LogP contribution in [0.25, 0.3) is 77.5 Å². The average molecular weight is 591 g/mol. The molecule has 0 radical (unpaired) electrons. The van der Waals surface area contributed by atoms with Crippen LogP contribution in [0.2, 0.25) is 0 Å². The smallest absolute Gasteiger partial charge is 0.250 e. The van der Waals surface area contributed by atoms with Crippen molar-refractivity contribution in [3.8, 4) is 33.6 Å². The first-order chi connectivity index (χ1) is 22.8. The Hall–Kier alpha value is -6.00. The van der Waals surface area contributed by atoms with Crippen molar-refractivity contribution in [3.05, 3.63) is 157 Å². The van der Waals surface area contributed by atoms with E-state index in [-0.39, 0.29) is 12.1 Å². The Kier molecular flexibility index (Phi) is 4.66. The topological polar surface area (TPSA) is 34.0 Å². The average Bonchev–Trinajstić information content (AvgIpc) is 3.68. The number of furan rings is 2. The zero-order chi connectivity index (χ0) is 29.9. The Balaban J connectivity index is 1.25. The summed E-state index contributed by atoms with van der Waals surface area (Å²) in [5.41, 5.74) is 13.4. The third-order valence-corrected chi connectivity index (χ3v) is 10.2. The molecule has 4 nitrogen and oxygen atoms in total. The molecule has 2 atom stereocenters. The summed E-state index contributed by atoms with van der Waals surface area (Å²) in [6, 6.07) is 48.0. The number of para-hydroxylation sites is 2. The molecule has 4 aromatic heterocycles. The summed E-state index contributed by atoms with van der Waals surface area (Å²) in [6.45, 7) is 0.